The zero-order chi connectivity index (χ0) is 11.1. The summed E-state index contributed by atoms with van der Waals surface area (Å²) >= 11 is 0. The van der Waals surface area contributed by atoms with Crippen LogP contribution in [0.5, 0.6) is 0 Å². The van der Waals surface area contributed by atoms with Crippen LogP contribution in [0.15, 0.2) is 24.3 Å². The number of ether oxygens (including phenoxy) is 1. The summed E-state index contributed by atoms with van der Waals surface area (Å²) in [5.74, 6) is -0.751. The van der Waals surface area contributed by atoms with E-state index < -0.39 is 5.97 Å². The first-order valence-electron chi connectivity index (χ1n) is 5.01. The van der Waals surface area contributed by atoms with Crippen LogP contribution in [-0.4, -0.2) is 24.8 Å². The first kappa shape index (κ1) is 11.7. The van der Waals surface area contributed by atoms with Gasteiger partial charge in [0.2, 0.25) is 0 Å². The van der Waals surface area contributed by atoms with Crippen molar-refractivity contribution in [1.82, 2.24) is 0 Å². The number of carboxylic acids is 1. The molecule has 0 heterocycles. The van der Waals surface area contributed by atoms with E-state index in [0.29, 0.717) is 13.0 Å². The van der Waals surface area contributed by atoms with Crippen molar-refractivity contribution in [2.75, 3.05) is 13.7 Å². The first-order chi connectivity index (χ1) is 7.22. The highest BCUT2D eigenvalue weighted by molar-refractivity contribution is 5.67. The molecule has 0 aliphatic carbocycles. The fraction of sp³-hybridized carbons (Fsp3) is 0.417. The largest absolute Gasteiger partial charge is 0.481 e. The van der Waals surface area contributed by atoms with E-state index in [-0.39, 0.29) is 6.42 Å². The van der Waals surface area contributed by atoms with E-state index >= 15 is 0 Å². The van der Waals surface area contributed by atoms with Gasteiger partial charge in [-0.2, -0.15) is 0 Å². The minimum atomic E-state index is -0.751. The Balaban J connectivity index is 2.45. The SMILES string of the molecule is COCCc1ccc(CCC(=O)O)cc1. The molecule has 0 fully saturated rings. The van der Waals surface area contributed by atoms with Crippen molar-refractivity contribution >= 4 is 5.97 Å². The monoisotopic (exact) mass is 208 g/mol. The predicted octanol–water partition coefficient (Wildman–Crippen LogP) is 1.89. The average Bonchev–Trinajstić information content (AvgIpc) is 2.25. The Kier molecular flexibility index (Phi) is 4.84. The summed E-state index contributed by atoms with van der Waals surface area (Å²) in [7, 11) is 1.68. The van der Waals surface area contributed by atoms with E-state index in [4.69, 9.17) is 9.84 Å². The van der Waals surface area contributed by atoms with Crippen molar-refractivity contribution in [3.05, 3.63) is 35.4 Å². The van der Waals surface area contributed by atoms with Crippen molar-refractivity contribution in [3.8, 4) is 0 Å². The highest BCUT2D eigenvalue weighted by Gasteiger charge is 1.99. The van der Waals surface area contributed by atoms with E-state index in [1.165, 1.54) is 5.56 Å². The van der Waals surface area contributed by atoms with Crippen LogP contribution in [0.2, 0.25) is 0 Å². The summed E-state index contributed by atoms with van der Waals surface area (Å²) in [6.07, 6.45) is 1.69. The van der Waals surface area contributed by atoms with Gasteiger partial charge in [-0.15, -0.1) is 0 Å². The molecule has 15 heavy (non-hydrogen) atoms. The predicted molar refractivity (Wildman–Crippen MR) is 58.0 cm³/mol. The first-order valence-corrected chi connectivity index (χ1v) is 5.01. The summed E-state index contributed by atoms with van der Waals surface area (Å²) in [6.45, 7) is 0.717. The maximum atomic E-state index is 10.4. The molecule has 0 aromatic heterocycles. The molecule has 1 rings (SSSR count). The van der Waals surface area contributed by atoms with Crippen molar-refractivity contribution in [2.45, 2.75) is 19.3 Å². The van der Waals surface area contributed by atoms with Gasteiger partial charge in [-0.3, -0.25) is 4.79 Å². The number of rotatable bonds is 6. The second kappa shape index (κ2) is 6.19. The summed E-state index contributed by atoms with van der Waals surface area (Å²) in [5.41, 5.74) is 2.29. The molecule has 0 radical (unpaired) electrons. The van der Waals surface area contributed by atoms with Gasteiger partial charge in [0.25, 0.3) is 0 Å². The standard InChI is InChI=1S/C12H16O3/c1-15-9-8-11-4-2-10(3-5-11)6-7-12(13)14/h2-5H,6-9H2,1H3,(H,13,14). The molecular formula is C12H16O3. The summed E-state index contributed by atoms with van der Waals surface area (Å²) in [4.78, 5) is 10.4. The van der Waals surface area contributed by atoms with E-state index in [1.54, 1.807) is 7.11 Å². The molecule has 0 bridgehead atoms. The zero-order valence-corrected chi connectivity index (χ0v) is 8.90. The smallest absolute Gasteiger partial charge is 0.303 e. The number of methoxy groups -OCH3 is 1. The highest BCUT2D eigenvalue weighted by atomic mass is 16.5. The lowest BCUT2D eigenvalue weighted by Crippen LogP contribution is -1.98. The molecule has 3 heteroatoms. The van der Waals surface area contributed by atoms with Gasteiger partial charge < -0.3 is 9.84 Å². The lowest BCUT2D eigenvalue weighted by atomic mass is 10.1. The lowest BCUT2D eigenvalue weighted by Gasteiger charge is -2.02. The van der Waals surface area contributed by atoms with Gasteiger partial charge in [-0.25, -0.2) is 0 Å². The fourth-order valence-corrected chi connectivity index (χ4v) is 1.34. The van der Waals surface area contributed by atoms with Crippen molar-refractivity contribution in [2.24, 2.45) is 0 Å². The number of carboxylic acid groups (broad SMARTS) is 1. The van der Waals surface area contributed by atoms with Crippen LogP contribution in [0.1, 0.15) is 17.5 Å². The van der Waals surface area contributed by atoms with E-state index in [2.05, 4.69) is 0 Å². The van der Waals surface area contributed by atoms with E-state index in [1.807, 2.05) is 24.3 Å². The van der Waals surface area contributed by atoms with E-state index in [9.17, 15) is 4.79 Å². The van der Waals surface area contributed by atoms with Gasteiger partial charge in [0.1, 0.15) is 0 Å². The normalized spacial score (nSPS) is 10.2. The van der Waals surface area contributed by atoms with Crippen LogP contribution in [-0.2, 0) is 22.4 Å². The number of carbonyl (C=O) groups is 1. The minimum absolute atomic E-state index is 0.192. The Morgan fingerprint density at radius 3 is 2.20 bits per heavy atom. The third-order valence-electron chi connectivity index (χ3n) is 2.25. The fourth-order valence-electron chi connectivity index (χ4n) is 1.34. The lowest BCUT2D eigenvalue weighted by molar-refractivity contribution is -0.136. The molecule has 1 aromatic rings. The third-order valence-corrected chi connectivity index (χ3v) is 2.25. The average molecular weight is 208 g/mol. The van der Waals surface area contributed by atoms with Gasteiger partial charge in [0.05, 0.1) is 6.61 Å². The molecule has 1 aromatic carbocycles. The molecule has 0 aliphatic rings. The van der Waals surface area contributed by atoms with Crippen LogP contribution in [0.4, 0.5) is 0 Å². The number of hydrogen-bond acceptors (Lipinski definition) is 2. The third kappa shape index (κ3) is 4.61. The van der Waals surface area contributed by atoms with Gasteiger partial charge in [0, 0.05) is 13.5 Å². The van der Waals surface area contributed by atoms with Gasteiger partial charge in [-0.05, 0) is 24.0 Å². The number of benzene rings is 1. The molecular weight excluding hydrogens is 192 g/mol. The molecule has 0 spiro atoms. The Labute approximate surface area is 89.7 Å². The van der Waals surface area contributed by atoms with Crippen LogP contribution >= 0.6 is 0 Å². The Hall–Kier alpha value is -1.35. The topological polar surface area (TPSA) is 46.5 Å². The molecule has 0 saturated heterocycles. The van der Waals surface area contributed by atoms with Crippen LogP contribution in [0.3, 0.4) is 0 Å². The molecule has 1 N–H and O–H groups in total. The Morgan fingerprint density at radius 2 is 1.73 bits per heavy atom. The summed E-state index contributed by atoms with van der Waals surface area (Å²) < 4.78 is 4.98. The van der Waals surface area contributed by atoms with Crippen molar-refractivity contribution in [3.63, 3.8) is 0 Å². The maximum Gasteiger partial charge on any atom is 0.303 e. The molecule has 0 aliphatic heterocycles. The molecule has 0 amide bonds. The molecule has 3 nitrogen and oxygen atoms in total. The van der Waals surface area contributed by atoms with Gasteiger partial charge in [0.15, 0.2) is 0 Å². The molecule has 0 unspecified atom stereocenters. The maximum absolute atomic E-state index is 10.4. The Bertz CT molecular complexity index is 303. The van der Waals surface area contributed by atoms with Gasteiger partial charge >= 0.3 is 5.97 Å². The Morgan fingerprint density at radius 1 is 1.20 bits per heavy atom. The molecule has 0 saturated carbocycles. The minimum Gasteiger partial charge on any atom is -0.481 e. The van der Waals surface area contributed by atoms with Crippen LogP contribution < -0.4 is 0 Å². The van der Waals surface area contributed by atoms with Gasteiger partial charge in [-0.1, -0.05) is 24.3 Å². The van der Waals surface area contributed by atoms with Crippen molar-refractivity contribution in [1.29, 1.82) is 0 Å². The van der Waals surface area contributed by atoms with Crippen LogP contribution in [0, 0.1) is 0 Å². The van der Waals surface area contributed by atoms with E-state index in [0.717, 1.165) is 12.0 Å². The number of aliphatic carboxylic acids is 1. The quantitative estimate of drug-likeness (QED) is 0.776. The molecule has 0 atom stereocenters. The second-order valence-corrected chi connectivity index (χ2v) is 3.45. The summed E-state index contributed by atoms with van der Waals surface area (Å²) in [6, 6.07) is 8.01. The highest BCUT2D eigenvalue weighted by Crippen LogP contribution is 2.07. The van der Waals surface area contributed by atoms with Crippen molar-refractivity contribution < 1.29 is 14.6 Å². The second-order valence-electron chi connectivity index (χ2n) is 3.45. The van der Waals surface area contributed by atoms with Crippen LogP contribution in [0.25, 0.3) is 0 Å². The molecule has 82 valence electrons. The number of aryl methyl sites for hydroxylation is 1. The zero-order valence-electron chi connectivity index (χ0n) is 8.90. The summed E-state index contributed by atoms with van der Waals surface area (Å²) in [5, 5.41) is 8.53. The number of hydrogen-bond donors (Lipinski definition) is 1.